The summed E-state index contributed by atoms with van der Waals surface area (Å²) in [5, 5.41) is 0. The van der Waals surface area contributed by atoms with E-state index in [9.17, 15) is 4.79 Å². The molecule has 0 unspecified atom stereocenters. The molecule has 0 saturated heterocycles. The fourth-order valence-electron chi connectivity index (χ4n) is 2.68. The molecule has 1 heterocycles. The molecule has 0 aromatic rings. The lowest BCUT2D eigenvalue weighted by molar-refractivity contribution is -0.155. The molecule has 1 aliphatic heterocycles. The summed E-state index contributed by atoms with van der Waals surface area (Å²) in [6.45, 7) is 6.28. The van der Waals surface area contributed by atoms with Crippen molar-refractivity contribution in [3.63, 3.8) is 0 Å². The first kappa shape index (κ1) is 9.75. The zero-order chi connectivity index (χ0) is 10.3. The molecule has 2 aliphatic rings. The first-order valence-electron chi connectivity index (χ1n) is 5.42. The molecule has 0 amide bonds. The van der Waals surface area contributed by atoms with Crippen molar-refractivity contribution >= 4 is 5.97 Å². The normalized spacial score (nSPS) is 31.1. The van der Waals surface area contributed by atoms with Crippen LogP contribution in [0.2, 0.25) is 0 Å². The number of rotatable bonds is 0. The Balaban J connectivity index is 2.34. The molecule has 0 saturated carbocycles. The second kappa shape index (κ2) is 3.11. The van der Waals surface area contributed by atoms with Crippen molar-refractivity contribution in [1.82, 2.24) is 0 Å². The number of esters is 1. The molecule has 2 rings (SSSR count). The molecule has 14 heavy (non-hydrogen) atoms. The van der Waals surface area contributed by atoms with Gasteiger partial charge in [0.15, 0.2) is 0 Å². The Labute approximate surface area is 85.3 Å². The van der Waals surface area contributed by atoms with Gasteiger partial charge in [0.2, 0.25) is 0 Å². The molecule has 1 aliphatic carbocycles. The number of carbonyl (C=O) groups is 1. The summed E-state index contributed by atoms with van der Waals surface area (Å²) in [5.41, 5.74) is 2.39. The van der Waals surface area contributed by atoms with Gasteiger partial charge in [-0.05, 0) is 44.6 Å². The molecule has 0 spiro atoms. The second-order valence-corrected chi connectivity index (χ2v) is 5.09. The Morgan fingerprint density at radius 1 is 1.43 bits per heavy atom. The summed E-state index contributed by atoms with van der Waals surface area (Å²) < 4.78 is 5.38. The van der Waals surface area contributed by atoms with E-state index < -0.39 is 0 Å². The van der Waals surface area contributed by atoms with Crippen LogP contribution in [0.5, 0.6) is 0 Å². The number of carbonyl (C=O) groups excluding carboxylic acids is 1. The van der Waals surface area contributed by atoms with Gasteiger partial charge in [-0.2, -0.15) is 0 Å². The average molecular weight is 194 g/mol. The van der Waals surface area contributed by atoms with E-state index in [1.54, 1.807) is 0 Å². The molecule has 0 fully saturated rings. The molecule has 0 aromatic heterocycles. The largest absolute Gasteiger partial charge is 0.455 e. The summed E-state index contributed by atoms with van der Waals surface area (Å²) in [4.78, 5) is 11.4. The number of hydrogen-bond acceptors (Lipinski definition) is 2. The minimum Gasteiger partial charge on any atom is -0.455 e. The fourth-order valence-corrected chi connectivity index (χ4v) is 2.68. The molecule has 2 heteroatoms. The van der Waals surface area contributed by atoms with Crippen LogP contribution in [0.25, 0.3) is 0 Å². The number of hydrogen-bond donors (Lipinski definition) is 0. The Kier molecular flexibility index (Phi) is 2.17. The Hall–Kier alpha value is -0.790. The van der Waals surface area contributed by atoms with Gasteiger partial charge in [-0.25, -0.2) is 0 Å². The Morgan fingerprint density at radius 2 is 2.14 bits per heavy atom. The highest BCUT2D eigenvalue weighted by Gasteiger charge is 2.37. The topological polar surface area (TPSA) is 26.3 Å². The molecular weight excluding hydrogens is 176 g/mol. The van der Waals surface area contributed by atoms with Crippen molar-refractivity contribution in [3.05, 3.63) is 11.1 Å². The fraction of sp³-hybridized carbons (Fsp3) is 0.750. The monoisotopic (exact) mass is 194 g/mol. The van der Waals surface area contributed by atoms with Gasteiger partial charge < -0.3 is 4.74 Å². The molecule has 2 nitrogen and oxygen atoms in total. The Morgan fingerprint density at radius 3 is 2.86 bits per heavy atom. The molecule has 0 aromatic carbocycles. The van der Waals surface area contributed by atoms with Gasteiger partial charge >= 0.3 is 5.97 Å². The van der Waals surface area contributed by atoms with Crippen LogP contribution in [0.1, 0.15) is 46.5 Å². The van der Waals surface area contributed by atoms with Gasteiger partial charge in [0, 0.05) is 0 Å². The lowest BCUT2D eigenvalue weighted by Gasteiger charge is -2.38. The van der Waals surface area contributed by atoms with Crippen LogP contribution < -0.4 is 0 Å². The van der Waals surface area contributed by atoms with Gasteiger partial charge in [-0.3, -0.25) is 4.79 Å². The summed E-state index contributed by atoms with van der Waals surface area (Å²) in [6.07, 6.45) is 3.97. The summed E-state index contributed by atoms with van der Waals surface area (Å²) >= 11 is 0. The lowest BCUT2D eigenvalue weighted by atomic mass is 9.76. The minimum absolute atomic E-state index is 0.0529. The molecule has 0 bridgehead atoms. The third kappa shape index (κ3) is 1.58. The molecular formula is C12H18O2. The zero-order valence-electron chi connectivity index (χ0n) is 9.22. The van der Waals surface area contributed by atoms with Crippen molar-refractivity contribution in [2.24, 2.45) is 5.92 Å². The van der Waals surface area contributed by atoms with Crippen molar-refractivity contribution in [3.8, 4) is 0 Å². The van der Waals surface area contributed by atoms with E-state index in [2.05, 4.69) is 6.92 Å². The Bertz CT molecular complexity index is 299. The van der Waals surface area contributed by atoms with Gasteiger partial charge in [-0.15, -0.1) is 0 Å². The highest BCUT2D eigenvalue weighted by molar-refractivity contribution is 5.75. The predicted molar refractivity (Wildman–Crippen MR) is 54.8 cm³/mol. The lowest BCUT2D eigenvalue weighted by Crippen LogP contribution is -2.37. The van der Waals surface area contributed by atoms with Crippen molar-refractivity contribution < 1.29 is 9.53 Å². The van der Waals surface area contributed by atoms with Crippen LogP contribution >= 0.6 is 0 Å². The van der Waals surface area contributed by atoms with Crippen LogP contribution in [-0.4, -0.2) is 11.6 Å². The van der Waals surface area contributed by atoms with E-state index in [4.69, 9.17) is 4.74 Å². The predicted octanol–water partition coefficient (Wildman–Crippen LogP) is 2.83. The summed E-state index contributed by atoms with van der Waals surface area (Å²) in [7, 11) is 0. The molecule has 0 N–H and O–H groups in total. The first-order chi connectivity index (χ1) is 6.49. The van der Waals surface area contributed by atoms with E-state index in [-0.39, 0.29) is 11.6 Å². The van der Waals surface area contributed by atoms with Crippen LogP contribution in [0.3, 0.4) is 0 Å². The quantitative estimate of drug-likeness (QED) is 0.438. The van der Waals surface area contributed by atoms with Gasteiger partial charge in [-0.1, -0.05) is 12.5 Å². The SMILES string of the molecule is C[C@@H]1CCC2=C(CC(=O)OC2(C)C)C1. The maximum absolute atomic E-state index is 11.4. The smallest absolute Gasteiger partial charge is 0.310 e. The van der Waals surface area contributed by atoms with Gasteiger partial charge in [0.05, 0.1) is 6.42 Å². The van der Waals surface area contributed by atoms with Crippen molar-refractivity contribution in [2.45, 2.75) is 52.1 Å². The second-order valence-electron chi connectivity index (χ2n) is 5.09. The minimum atomic E-state index is -0.342. The van der Waals surface area contributed by atoms with E-state index in [0.717, 1.165) is 18.8 Å². The van der Waals surface area contributed by atoms with E-state index in [1.807, 2.05) is 13.8 Å². The standard InChI is InChI=1S/C12H18O2/c1-8-4-5-10-9(6-8)7-11(13)14-12(10,2)3/h8H,4-7H2,1-3H3/t8-/m1/s1. The first-order valence-corrected chi connectivity index (χ1v) is 5.42. The molecule has 0 radical (unpaired) electrons. The van der Waals surface area contributed by atoms with Gasteiger partial charge in [0.25, 0.3) is 0 Å². The third-order valence-corrected chi connectivity index (χ3v) is 3.36. The average Bonchev–Trinajstić information content (AvgIpc) is 2.00. The van der Waals surface area contributed by atoms with E-state index >= 15 is 0 Å². The van der Waals surface area contributed by atoms with Crippen LogP contribution in [0, 0.1) is 5.92 Å². The zero-order valence-corrected chi connectivity index (χ0v) is 9.22. The number of ether oxygens (including phenoxy) is 1. The molecule has 78 valence electrons. The van der Waals surface area contributed by atoms with E-state index in [0.29, 0.717) is 6.42 Å². The summed E-state index contributed by atoms with van der Waals surface area (Å²) in [5.74, 6) is 0.679. The number of cyclic esters (lactones) is 1. The van der Waals surface area contributed by atoms with Crippen molar-refractivity contribution in [2.75, 3.05) is 0 Å². The van der Waals surface area contributed by atoms with Crippen LogP contribution in [-0.2, 0) is 9.53 Å². The third-order valence-electron chi connectivity index (χ3n) is 3.36. The molecule has 1 atom stereocenters. The summed E-state index contributed by atoms with van der Waals surface area (Å²) in [6, 6.07) is 0. The highest BCUT2D eigenvalue weighted by atomic mass is 16.6. The maximum atomic E-state index is 11.4. The maximum Gasteiger partial charge on any atom is 0.310 e. The van der Waals surface area contributed by atoms with Crippen LogP contribution in [0.4, 0.5) is 0 Å². The van der Waals surface area contributed by atoms with E-state index in [1.165, 1.54) is 17.6 Å². The van der Waals surface area contributed by atoms with Crippen molar-refractivity contribution in [1.29, 1.82) is 0 Å². The van der Waals surface area contributed by atoms with Gasteiger partial charge in [0.1, 0.15) is 5.60 Å². The highest BCUT2D eigenvalue weighted by Crippen LogP contribution is 2.41. The van der Waals surface area contributed by atoms with Crippen LogP contribution in [0.15, 0.2) is 11.1 Å².